The highest BCUT2D eigenvalue weighted by molar-refractivity contribution is 6.32. The number of anilines is 1. The van der Waals surface area contributed by atoms with Gasteiger partial charge >= 0.3 is 6.03 Å². The molecule has 3 aromatic rings. The number of piperazine rings is 1. The van der Waals surface area contributed by atoms with E-state index in [2.05, 4.69) is 10.2 Å². The summed E-state index contributed by atoms with van der Waals surface area (Å²) in [7, 11) is 1.62. The number of aromatic nitrogens is 4. The van der Waals surface area contributed by atoms with E-state index in [-0.39, 0.29) is 12.6 Å². The van der Waals surface area contributed by atoms with Gasteiger partial charge in [-0.05, 0) is 25.5 Å². The molecule has 2 aromatic heterocycles. The lowest BCUT2D eigenvalue weighted by atomic mass is 10.2. The average molecular weight is 458 g/mol. The number of aryl methyl sites for hydroxylation is 1. The molecule has 9 nitrogen and oxygen atoms in total. The minimum absolute atomic E-state index is 0.0119. The van der Waals surface area contributed by atoms with Gasteiger partial charge < -0.3 is 19.9 Å². The number of fused-ring (bicyclic) bond motifs is 1. The van der Waals surface area contributed by atoms with Crippen LogP contribution in [0.3, 0.4) is 0 Å². The van der Waals surface area contributed by atoms with E-state index in [1.54, 1.807) is 11.8 Å². The molecule has 1 saturated heterocycles. The molecule has 0 atom stereocenters. The fraction of sp³-hybridized carbons (Fsp3) is 0.455. The molecule has 0 aliphatic carbocycles. The minimum atomic E-state index is -0.0119. The molecule has 1 aromatic carbocycles. The number of halogens is 1. The summed E-state index contributed by atoms with van der Waals surface area (Å²) in [6, 6.07) is 7.55. The number of hydrogen-bond acceptors (Lipinski definition) is 6. The van der Waals surface area contributed by atoms with Gasteiger partial charge in [0.25, 0.3) is 0 Å². The van der Waals surface area contributed by atoms with Crippen molar-refractivity contribution < 1.29 is 9.53 Å². The summed E-state index contributed by atoms with van der Waals surface area (Å²) in [5, 5.41) is 9.17. The maximum absolute atomic E-state index is 12.3. The normalized spacial score (nSPS) is 14.2. The van der Waals surface area contributed by atoms with E-state index in [9.17, 15) is 4.79 Å². The van der Waals surface area contributed by atoms with Crippen LogP contribution in [0.15, 0.2) is 24.3 Å². The van der Waals surface area contributed by atoms with Crippen molar-refractivity contribution in [2.45, 2.75) is 26.9 Å². The second-order valence-corrected chi connectivity index (χ2v) is 8.16. The number of para-hydroxylation sites is 1. The third-order valence-corrected chi connectivity index (χ3v) is 5.80. The summed E-state index contributed by atoms with van der Waals surface area (Å²) in [4.78, 5) is 25.9. The zero-order valence-corrected chi connectivity index (χ0v) is 19.4. The molecule has 1 fully saturated rings. The predicted molar refractivity (Wildman–Crippen MR) is 125 cm³/mol. The van der Waals surface area contributed by atoms with Crippen molar-refractivity contribution in [3.8, 4) is 5.69 Å². The van der Waals surface area contributed by atoms with Gasteiger partial charge in [0.2, 0.25) is 0 Å². The van der Waals surface area contributed by atoms with Crippen molar-refractivity contribution in [1.29, 1.82) is 0 Å². The molecular formula is C22H28ClN7O2. The molecule has 2 amide bonds. The Balaban J connectivity index is 1.71. The summed E-state index contributed by atoms with van der Waals surface area (Å²) < 4.78 is 7.09. The Morgan fingerprint density at radius 3 is 2.62 bits per heavy atom. The van der Waals surface area contributed by atoms with E-state index in [0.717, 1.165) is 29.0 Å². The fourth-order valence-electron chi connectivity index (χ4n) is 3.88. The summed E-state index contributed by atoms with van der Waals surface area (Å²) in [5.74, 6) is 1.39. The van der Waals surface area contributed by atoms with Crippen LogP contribution in [0.2, 0.25) is 5.02 Å². The monoisotopic (exact) mass is 457 g/mol. The molecule has 170 valence electrons. The number of urea groups is 1. The van der Waals surface area contributed by atoms with Gasteiger partial charge in [0.05, 0.1) is 21.8 Å². The van der Waals surface area contributed by atoms with Crippen LogP contribution in [0.25, 0.3) is 16.7 Å². The van der Waals surface area contributed by atoms with E-state index in [1.807, 2.05) is 43.0 Å². The van der Waals surface area contributed by atoms with Crippen molar-refractivity contribution in [3.05, 3.63) is 40.8 Å². The first-order valence-electron chi connectivity index (χ1n) is 10.8. The number of hydrogen-bond donors (Lipinski definition) is 1. The molecular weight excluding hydrogens is 430 g/mol. The Labute approximate surface area is 192 Å². The fourth-order valence-corrected chi connectivity index (χ4v) is 4.10. The Hall–Kier alpha value is -2.91. The topological polar surface area (TPSA) is 88.4 Å². The lowest BCUT2D eigenvalue weighted by Crippen LogP contribution is -2.52. The first-order chi connectivity index (χ1) is 15.5. The molecule has 4 rings (SSSR count). The first kappa shape index (κ1) is 22.3. The van der Waals surface area contributed by atoms with Crippen LogP contribution >= 0.6 is 11.6 Å². The van der Waals surface area contributed by atoms with Gasteiger partial charge in [-0.1, -0.05) is 30.7 Å². The van der Waals surface area contributed by atoms with E-state index >= 15 is 0 Å². The molecule has 0 spiro atoms. The van der Waals surface area contributed by atoms with Crippen molar-refractivity contribution in [1.82, 2.24) is 30.0 Å². The second kappa shape index (κ2) is 9.70. The van der Waals surface area contributed by atoms with Crippen LogP contribution in [-0.2, 0) is 11.3 Å². The number of methoxy groups -OCH3 is 1. The lowest BCUT2D eigenvalue weighted by Gasteiger charge is -2.35. The number of nitrogens with zero attached hydrogens (tertiary/aromatic N) is 6. The van der Waals surface area contributed by atoms with Crippen molar-refractivity contribution in [2.75, 3.05) is 44.7 Å². The first-order valence-corrected chi connectivity index (χ1v) is 11.2. The Morgan fingerprint density at radius 1 is 1.19 bits per heavy atom. The van der Waals surface area contributed by atoms with Gasteiger partial charge in [-0.15, -0.1) is 0 Å². The predicted octanol–water partition coefficient (Wildman–Crippen LogP) is 3.17. The third kappa shape index (κ3) is 4.35. The Bertz CT molecular complexity index is 1110. The highest BCUT2D eigenvalue weighted by Gasteiger charge is 2.26. The second-order valence-electron chi connectivity index (χ2n) is 7.75. The largest absolute Gasteiger partial charge is 0.377 e. The highest BCUT2D eigenvalue weighted by atomic mass is 35.5. The van der Waals surface area contributed by atoms with Gasteiger partial charge in [0.1, 0.15) is 12.4 Å². The van der Waals surface area contributed by atoms with Crippen LogP contribution in [0, 0.1) is 6.92 Å². The average Bonchev–Trinajstić information content (AvgIpc) is 3.13. The summed E-state index contributed by atoms with van der Waals surface area (Å²) in [5.41, 5.74) is 2.27. The van der Waals surface area contributed by atoms with Crippen LogP contribution < -0.4 is 10.2 Å². The van der Waals surface area contributed by atoms with Gasteiger partial charge in [-0.3, -0.25) is 0 Å². The van der Waals surface area contributed by atoms with Gasteiger partial charge in [0.15, 0.2) is 11.5 Å². The molecule has 0 radical (unpaired) electrons. The molecule has 32 heavy (non-hydrogen) atoms. The van der Waals surface area contributed by atoms with E-state index in [0.29, 0.717) is 49.2 Å². The van der Waals surface area contributed by atoms with Crippen molar-refractivity contribution >= 4 is 34.5 Å². The SMILES string of the molecule is CCCNC(=O)N1CCN(c2nc(COC)nc3c2c(C)nn3-c2ccccc2Cl)CC1. The Kier molecular flexibility index (Phi) is 6.76. The minimum Gasteiger partial charge on any atom is -0.377 e. The molecule has 0 unspecified atom stereocenters. The van der Waals surface area contributed by atoms with Crippen LogP contribution in [0.1, 0.15) is 24.9 Å². The van der Waals surface area contributed by atoms with Gasteiger partial charge in [0, 0.05) is 39.8 Å². The zero-order chi connectivity index (χ0) is 22.7. The number of rotatable bonds is 6. The number of nitrogens with one attached hydrogen (secondary N) is 1. The molecule has 3 heterocycles. The summed E-state index contributed by atoms with van der Waals surface area (Å²) >= 11 is 6.46. The molecule has 1 aliphatic heterocycles. The summed E-state index contributed by atoms with van der Waals surface area (Å²) in [6.07, 6.45) is 0.918. The standard InChI is InChI=1S/C22H28ClN7O2/c1-4-9-24-22(31)29-12-10-28(11-13-29)20-19-15(2)27-30(17-8-6-5-7-16(17)23)21(19)26-18(25-20)14-32-3/h5-8H,4,9-14H2,1-3H3,(H,24,31). The number of ether oxygens (including phenoxy) is 1. The zero-order valence-electron chi connectivity index (χ0n) is 18.6. The number of carbonyl (C=O) groups excluding carboxylic acids is 1. The maximum Gasteiger partial charge on any atom is 0.317 e. The number of carbonyl (C=O) groups is 1. The smallest absolute Gasteiger partial charge is 0.317 e. The molecule has 0 saturated carbocycles. The highest BCUT2D eigenvalue weighted by Crippen LogP contribution is 2.31. The van der Waals surface area contributed by atoms with E-state index in [1.165, 1.54) is 0 Å². The maximum atomic E-state index is 12.3. The van der Waals surface area contributed by atoms with E-state index in [4.69, 9.17) is 31.4 Å². The van der Waals surface area contributed by atoms with Crippen LogP contribution in [-0.4, -0.2) is 70.5 Å². The molecule has 1 aliphatic rings. The number of amides is 2. The molecule has 1 N–H and O–H groups in total. The quantitative estimate of drug-likeness (QED) is 0.611. The Morgan fingerprint density at radius 2 is 1.94 bits per heavy atom. The summed E-state index contributed by atoms with van der Waals surface area (Å²) in [6.45, 7) is 7.57. The van der Waals surface area contributed by atoms with Gasteiger partial charge in [-0.25, -0.2) is 19.4 Å². The number of benzene rings is 1. The molecule has 10 heteroatoms. The third-order valence-electron chi connectivity index (χ3n) is 5.48. The molecule has 0 bridgehead atoms. The van der Waals surface area contributed by atoms with E-state index < -0.39 is 0 Å². The van der Waals surface area contributed by atoms with Crippen molar-refractivity contribution in [3.63, 3.8) is 0 Å². The van der Waals surface area contributed by atoms with Crippen LogP contribution in [0.5, 0.6) is 0 Å². The van der Waals surface area contributed by atoms with Gasteiger partial charge in [-0.2, -0.15) is 5.10 Å². The lowest BCUT2D eigenvalue weighted by molar-refractivity contribution is 0.178. The van der Waals surface area contributed by atoms with Crippen LogP contribution in [0.4, 0.5) is 10.6 Å². The van der Waals surface area contributed by atoms with Crippen molar-refractivity contribution in [2.24, 2.45) is 0 Å².